The number of benzene rings is 1. The van der Waals surface area contributed by atoms with E-state index in [0.717, 1.165) is 5.56 Å². The maximum atomic E-state index is 12.5. The van der Waals surface area contributed by atoms with Gasteiger partial charge in [0.05, 0.1) is 6.54 Å². The van der Waals surface area contributed by atoms with Gasteiger partial charge in [0.1, 0.15) is 4.95 Å². The van der Waals surface area contributed by atoms with Crippen LogP contribution in [0.1, 0.15) is 31.9 Å². The van der Waals surface area contributed by atoms with Crippen LogP contribution in [-0.4, -0.2) is 45.4 Å². The Kier molecular flexibility index (Phi) is 5.81. The lowest BCUT2D eigenvalue weighted by Gasteiger charge is -2.37. The van der Waals surface area contributed by atoms with Crippen LogP contribution in [0.2, 0.25) is 0 Å². The van der Waals surface area contributed by atoms with Crippen LogP contribution in [0.3, 0.4) is 0 Å². The molecule has 1 unspecified atom stereocenters. The number of hydrogen-bond donors (Lipinski definition) is 0. The molecule has 27 heavy (non-hydrogen) atoms. The maximum Gasteiger partial charge on any atom is 0.298 e. The second kappa shape index (κ2) is 8.10. The minimum absolute atomic E-state index is 0.0366. The third-order valence-electron chi connectivity index (χ3n) is 4.48. The van der Waals surface area contributed by atoms with Gasteiger partial charge < -0.3 is 9.80 Å². The van der Waals surface area contributed by atoms with E-state index in [1.165, 1.54) is 5.56 Å². The van der Waals surface area contributed by atoms with Crippen LogP contribution in [0.15, 0.2) is 42.7 Å². The molecule has 0 bridgehead atoms. The molecule has 0 spiro atoms. The number of hydrogen-bond acceptors (Lipinski definition) is 4. The lowest BCUT2D eigenvalue weighted by molar-refractivity contribution is -0.125. The van der Waals surface area contributed by atoms with Crippen LogP contribution in [0.25, 0.3) is 0 Å². The highest BCUT2D eigenvalue weighted by molar-refractivity contribution is 9.09. The fourth-order valence-corrected chi connectivity index (χ4v) is 3.59. The number of alkyl halides is 1. The first-order valence-electron chi connectivity index (χ1n) is 8.94. The Balaban J connectivity index is 1.62. The van der Waals surface area contributed by atoms with Crippen molar-refractivity contribution < 1.29 is 4.79 Å². The second-order valence-electron chi connectivity index (χ2n) is 7.51. The van der Waals surface area contributed by atoms with E-state index in [-0.39, 0.29) is 16.3 Å². The average Bonchev–Trinajstić information content (AvgIpc) is 2.66. The summed E-state index contributed by atoms with van der Waals surface area (Å²) in [6, 6.07) is 9.87. The monoisotopic (exact) mass is 426 g/mol. The Labute approximate surface area is 168 Å². The molecule has 3 rings (SSSR count). The summed E-state index contributed by atoms with van der Waals surface area (Å²) in [6.07, 6.45) is 3.44. The normalized spacial score (nSPS) is 17.3. The molecule has 0 N–H and O–H groups in total. The van der Waals surface area contributed by atoms with E-state index < -0.39 is 0 Å². The molecule has 6 heteroatoms. The van der Waals surface area contributed by atoms with E-state index in [1.807, 2.05) is 17.0 Å². The first kappa shape index (κ1) is 19.4. The van der Waals surface area contributed by atoms with Gasteiger partial charge >= 0.3 is 0 Å². The van der Waals surface area contributed by atoms with Crippen molar-refractivity contribution in [2.45, 2.75) is 31.1 Å². The predicted molar refractivity (Wildman–Crippen MR) is 111 cm³/mol. The van der Waals surface area contributed by atoms with Gasteiger partial charge in [0.25, 0.3) is 5.91 Å². The maximum absolute atomic E-state index is 12.5. The molecule has 1 fully saturated rings. The van der Waals surface area contributed by atoms with Gasteiger partial charge in [-0.05, 0) is 29.2 Å². The van der Waals surface area contributed by atoms with Crippen molar-refractivity contribution >= 4 is 27.8 Å². The topological polar surface area (TPSA) is 49.3 Å². The summed E-state index contributed by atoms with van der Waals surface area (Å²) in [4.78, 5) is 24.8. The third-order valence-corrected chi connectivity index (χ3v) is 5.26. The molecule has 1 aromatic carbocycles. The number of carbonyl (C=O) groups is 1. The SMILES string of the molecule is CC(C)(C)c1ccc(C#CC(=O)N2CCN(c3ncccn3)C(Br)C2)cc1. The van der Waals surface area contributed by atoms with Crippen molar-refractivity contribution in [3.05, 3.63) is 53.9 Å². The van der Waals surface area contributed by atoms with Gasteiger partial charge in [-0.15, -0.1) is 0 Å². The number of aromatic nitrogens is 2. The highest BCUT2D eigenvalue weighted by atomic mass is 79.9. The molecule has 0 radical (unpaired) electrons. The minimum atomic E-state index is -0.159. The highest BCUT2D eigenvalue weighted by Crippen LogP contribution is 2.22. The van der Waals surface area contributed by atoms with Gasteiger partial charge in [0, 0.05) is 37.0 Å². The Morgan fingerprint density at radius 1 is 1.15 bits per heavy atom. The van der Waals surface area contributed by atoms with Gasteiger partial charge in [-0.1, -0.05) is 54.8 Å². The molecule has 1 aliphatic rings. The fourth-order valence-electron chi connectivity index (χ4n) is 2.85. The molecule has 5 nitrogen and oxygen atoms in total. The highest BCUT2D eigenvalue weighted by Gasteiger charge is 2.28. The molecular weight excluding hydrogens is 404 g/mol. The standard InChI is InChI=1S/C21H23BrN4O/c1-21(2,3)17-8-5-16(6-9-17)7-10-19(27)25-13-14-26(18(22)15-25)20-23-11-4-12-24-20/h4-6,8-9,11-12,18H,13-15H2,1-3H3. The van der Waals surface area contributed by atoms with E-state index in [2.05, 4.69) is 70.6 Å². The van der Waals surface area contributed by atoms with Crippen LogP contribution in [-0.2, 0) is 10.2 Å². The lowest BCUT2D eigenvalue weighted by atomic mass is 9.87. The largest absolute Gasteiger partial charge is 0.327 e. The minimum Gasteiger partial charge on any atom is -0.327 e. The Morgan fingerprint density at radius 3 is 2.41 bits per heavy atom. The van der Waals surface area contributed by atoms with Crippen molar-refractivity contribution in [1.29, 1.82) is 0 Å². The van der Waals surface area contributed by atoms with Crippen LogP contribution >= 0.6 is 15.9 Å². The summed E-state index contributed by atoms with van der Waals surface area (Å²) < 4.78 is 0. The van der Waals surface area contributed by atoms with E-state index >= 15 is 0 Å². The number of amides is 1. The van der Waals surface area contributed by atoms with Crippen molar-refractivity contribution in [3.8, 4) is 11.8 Å². The molecule has 0 saturated carbocycles. The van der Waals surface area contributed by atoms with Crippen LogP contribution < -0.4 is 4.90 Å². The van der Waals surface area contributed by atoms with E-state index in [4.69, 9.17) is 0 Å². The molecule has 1 aliphatic heterocycles. The zero-order chi connectivity index (χ0) is 19.4. The summed E-state index contributed by atoms with van der Waals surface area (Å²) >= 11 is 3.63. The number of anilines is 1. The Morgan fingerprint density at radius 2 is 1.81 bits per heavy atom. The number of rotatable bonds is 1. The number of halogens is 1. The van der Waals surface area contributed by atoms with E-state index in [0.29, 0.717) is 25.6 Å². The first-order valence-corrected chi connectivity index (χ1v) is 9.85. The van der Waals surface area contributed by atoms with Gasteiger partial charge in [-0.3, -0.25) is 4.79 Å². The quantitative estimate of drug-likeness (QED) is 0.399. The predicted octanol–water partition coefficient (Wildman–Crippen LogP) is 3.20. The van der Waals surface area contributed by atoms with Gasteiger partial charge in [0.2, 0.25) is 5.95 Å². The average molecular weight is 427 g/mol. The van der Waals surface area contributed by atoms with Gasteiger partial charge in [0.15, 0.2) is 0 Å². The van der Waals surface area contributed by atoms with Crippen molar-refractivity contribution in [3.63, 3.8) is 0 Å². The van der Waals surface area contributed by atoms with Crippen LogP contribution in [0.5, 0.6) is 0 Å². The molecule has 1 amide bonds. The first-order chi connectivity index (χ1) is 12.8. The van der Waals surface area contributed by atoms with Gasteiger partial charge in [-0.2, -0.15) is 0 Å². The summed E-state index contributed by atoms with van der Waals surface area (Å²) in [5.41, 5.74) is 2.21. The van der Waals surface area contributed by atoms with Crippen molar-refractivity contribution in [2.24, 2.45) is 0 Å². The van der Waals surface area contributed by atoms with E-state index in [9.17, 15) is 4.79 Å². The number of piperazine rings is 1. The zero-order valence-corrected chi connectivity index (χ0v) is 17.4. The van der Waals surface area contributed by atoms with Crippen molar-refractivity contribution in [2.75, 3.05) is 24.5 Å². The Hall–Kier alpha value is -2.39. The fraction of sp³-hybridized carbons (Fsp3) is 0.381. The molecule has 140 valence electrons. The summed E-state index contributed by atoms with van der Waals surface area (Å²) in [5.74, 6) is 6.26. The van der Waals surface area contributed by atoms with Crippen LogP contribution in [0.4, 0.5) is 5.95 Å². The molecule has 1 saturated heterocycles. The summed E-state index contributed by atoms with van der Waals surface area (Å²) in [7, 11) is 0. The van der Waals surface area contributed by atoms with Crippen molar-refractivity contribution in [1.82, 2.24) is 14.9 Å². The lowest BCUT2D eigenvalue weighted by Crippen LogP contribution is -2.52. The zero-order valence-electron chi connectivity index (χ0n) is 15.8. The van der Waals surface area contributed by atoms with E-state index in [1.54, 1.807) is 23.4 Å². The molecule has 1 aromatic heterocycles. The smallest absolute Gasteiger partial charge is 0.298 e. The Bertz CT molecular complexity index is 850. The molecule has 0 aliphatic carbocycles. The number of nitrogens with zero attached hydrogens (tertiary/aromatic N) is 4. The molecular formula is C21H23BrN4O. The van der Waals surface area contributed by atoms with Crippen LogP contribution in [0, 0.1) is 11.8 Å². The summed E-state index contributed by atoms with van der Waals surface area (Å²) in [5, 5.41) is 0. The molecule has 2 heterocycles. The molecule has 2 aromatic rings. The third kappa shape index (κ3) is 4.86. The number of carbonyl (C=O) groups excluding carboxylic acids is 1. The second-order valence-corrected chi connectivity index (χ2v) is 8.56. The van der Waals surface area contributed by atoms with Gasteiger partial charge in [-0.25, -0.2) is 9.97 Å². The summed E-state index contributed by atoms with van der Waals surface area (Å²) in [6.45, 7) is 8.31. The molecule has 1 atom stereocenters.